The largest absolute Gasteiger partial charge is 0.310 e. The van der Waals surface area contributed by atoms with Gasteiger partial charge in [-0.05, 0) is 17.7 Å². The van der Waals surface area contributed by atoms with E-state index in [4.69, 9.17) is 11.6 Å². The first kappa shape index (κ1) is 13.5. The van der Waals surface area contributed by atoms with Crippen molar-refractivity contribution in [2.24, 2.45) is 0 Å². The first-order valence-corrected chi connectivity index (χ1v) is 7.24. The van der Waals surface area contributed by atoms with E-state index in [0.29, 0.717) is 6.04 Å². The fourth-order valence-electron chi connectivity index (χ4n) is 1.59. The summed E-state index contributed by atoms with van der Waals surface area (Å²) >= 11 is 7.64. The van der Waals surface area contributed by atoms with Crippen LogP contribution < -0.4 is 5.32 Å². The van der Waals surface area contributed by atoms with Crippen molar-refractivity contribution in [3.8, 4) is 0 Å². The molecule has 2 aromatic rings. The maximum Gasteiger partial charge on any atom is 0.0971 e. The van der Waals surface area contributed by atoms with Crippen molar-refractivity contribution in [3.63, 3.8) is 0 Å². The first-order chi connectivity index (χ1) is 8.63. The summed E-state index contributed by atoms with van der Waals surface area (Å²) < 4.78 is 0. The zero-order valence-electron chi connectivity index (χ0n) is 10.6. The third-order valence-electron chi connectivity index (χ3n) is 2.55. The van der Waals surface area contributed by atoms with Gasteiger partial charge in [0, 0.05) is 35.1 Å². The molecule has 0 saturated carbocycles. The lowest BCUT2D eigenvalue weighted by atomic mass is 10.2. The highest BCUT2D eigenvalue weighted by molar-refractivity contribution is 7.11. The number of halogens is 1. The first-order valence-electron chi connectivity index (χ1n) is 6.05. The molecule has 0 saturated heterocycles. The molecule has 0 aliphatic carbocycles. The zero-order valence-corrected chi connectivity index (χ0v) is 12.2. The van der Waals surface area contributed by atoms with Crippen molar-refractivity contribution < 1.29 is 0 Å². The van der Waals surface area contributed by atoms with Crippen LogP contribution in [0.3, 0.4) is 0 Å². The lowest BCUT2D eigenvalue weighted by Gasteiger charge is -2.04. The molecule has 1 aromatic heterocycles. The van der Waals surface area contributed by atoms with E-state index < -0.39 is 0 Å². The Morgan fingerprint density at radius 3 is 2.67 bits per heavy atom. The van der Waals surface area contributed by atoms with Crippen LogP contribution in [-0.4, -0.2) is 11.0 Å². The molecule has 4 heteroatoms. The van der Waals surface area contributed by atoms with Gasteiger partial charge in [-0.3, -0.25) is 0 Å². The number of benzene rings is 1. The molecule has 1 N–H and O–H groups in total. The summed E-state index contributed by atoms with van der Waals surface area (Å²) in [4.78, 5) is 5.74. The Bertz CT molecular complexity index is 491. The lowest BCUT2D eigenvalue weighted by molar-refractivity contribution is 0.593. The number of rotatable bonds is 5. The van der Waals surface area contributed by atoms with Gasteiger partial charge in [0.2, 0.25) is 0 Å². The van der Waals surface area contributed by atoms with Gasteiger partial charge in [0.25, 0.3) is 0 Å². The summed E-state index contributed by atoms with van der Waals surface area (Å²) in [6, 6.07) is 8.45. The van der Waals surface area contributed by atoms with Gasteiger partial charge in [0.1, 0.15) is 0 Å². The van der Waals surface area contributed by atoms with Crippen LogP contribution >= 0.6 is 22.9 Å². The smallest absolute Gasteiger partial charge is 0.0971 e. The Labute approximate surface area is 117 Å². The van der Waals surface area contributed by atoms with Gasteiger partial charge in [-0.2, -0.15) is 0 Å². The van der Waals surface area contributed by atoms with Crippen LogP contribution in [-0.2, 0) is 13.0 Å². The predicted octanol–water partition coefficient (Wildman–Crippen LogP) is 3.89. The molecule has 0 atom stereocenters. The average molecular weight is 281 g/mol. The second-order valence-corrected chi connectivity index (χ2v) is 6.20. The van der Waals surface area contributed by atoms with Crippen LogP contribution in [0, 0.1) is 0 Å². The SMILES string of the molecule is CC(C)NCc1cnc(Cc2ccc(Cl)cc2)s1. The average Bonchev–Trinajstić information content (AvgIpc) is 2.77. The number of thiazole rings is 1. The highest BCUT2D eigenvalue weighted by Gasteiger charge is 2.04. The fraction of sp³-hybridized carbons (Fsp3) is 0.357. The molecular weight excluding hydrogens is 264 g/mol. The summed E-state index contributed by atoms with van der Waals surface area (Å²) in [6.07, 6.45) is 2.84. The van der Waals surface area contributed by atoms with Crippen LogP contribution in [0.25, 0.3) is 0 Å². The molecule has 0 fully saturated rings. The number of nitrogens with one attached hydrogen (secondary N) is 1. The molecule has 0 radical (unpaired) electrons. The van der Waals surface area contributed by atoms with Crippen LogP contribution in [0.5, 0.6) is 0 Å². The minimum absolute atomic E-state index is 0.506. The number of hydrogen-bond acceptors (Lipinski definition) is 3. The van der Waals surface area contributed by atoms with Gasteiger partial charge < -0.3 is 5.32 Å². The molecule has 0 spiro atoms. The normalized spacial score (nSPS) is 11.1. The molecule has 18 heavy (non-hydrogen) atoms. The lowest BCUT2D eigenvalue weighted by Crippen LogP contribution is -2.21. The standard InChI is InChI=1S/C14H17ClN2S/c1-10(2)16-8-13-9-17-14(18-13)7-11-3-5-12(15)6-4-11/h3-6,9-10,16H,7-8H2,1-2H3. The Kier molecular flexibility index (Phi) is 4.75. The van der Waals surface area contributed by atoms with E-state index in [-0.39, 0.29) is 0 Å². The zero-order chi connectivity index (χ0) is 13.0. The quantitative estimate of drug-likeness (QED) is 0.899. The fourth-order valence-corrected chi connectivity index (χ4v) is 2.63. The van der Waals surface area contributed by atoms with Gasteiger partial charge in [-0.25, -0.2) is 4.98 Å². The van der Waals surface area contributed by atoms with Crippen LogP contribution in [0.4, 0.5) is 0 Å². The number of hydrogen-bond donors (Lipinski definition) is 1. The maximum absolute atomic E-state index is 5.87. The van der Waals surface area contributed by atoms with Crippen molar-refractivity contribution in [2.45, 2.75) is 32.9 Å². The van der Waals surface area contributed by atoms with E-state index in [0.717, 1.165) is 23.0 Å². The van der Waals surface area contributed by atoms with E-state index in [1.807, 2.05) is 18.3 Å². The Morgan fingerprint density at radius 1 is 1.28 bits per heavy atom. The van der Waals surface area contributed by atoms with Gasteiger partial charge in [0.15, 0.2) is 0 Å². The van der Waals surface area contributed by atoms with Crippen molar-refractivity contribution in [2.75, 3.05) is 0 Å². The van der Waals surface area contributed by atoms with E-state index >= 15 is 0 Å². The second kappa shape index (κ2) is 6.32. The summed E-state index contributed by atoms with van der Waals surface area (Å²) in [6.45, 7) is 5.20. The third-order valence-corrected chi connectivity index (χ3v) is 3.80. The Balaban J connectivity index is 1.95. The maximum atomic E-state index is 5.87. The molecule has 1 heterocycles. The van der Waals surface area contributed by atoms with Crippen LogP contribution in [0.15, 0.2) is 30.5 Å². The number of aromatic nitrogens is 1. The molecule has 0 aliphatic rings. The Morgan fingerprint density at radius 2 is 2.00 bits per heavy atom. The van der Waals surface area contributed by atoms with Crippen molar-refractivity contribution in [1.82, 2.24) is 10.3 Å². The number of nitrogens with zero attached hydrogens (tertiary/aromatic N) is 1. The van der Waals surface area contributed by atoms with E-state index in [2.05, 4.69) is 36.3 Å². The van der Waals surface area contributed by atoms with Crippen LogP contribution in [0.1, 0.15) is 29.3 Å². The van der Waals surface area contributed by atoms with Gasteiger partial charge in [-0.15, -0.1) is 11.3 Å². The minimum atomic E-state index is 0.506. The van der Waals surface area contributed by atoms with Gasteiger partial charge >= 0.3 is 0 Å². The molecule has 0 unspecified atom stereocenters. The molecular formula is C14H17ClN2S. The third kappa shape index (κ3) is 4.09. The molecule has 0 bridgehead atoms. The van der Waals surface area contributed by atoms with Crippen molar-refractivity contribution in [1.29, 1.82) is 0 Å². The molecule has 96 valence electrons. The molecule has 2 nitrogen and oxygen atoms in total. The van der Waals surface area contributed by atoms with Gasteiger partial charge in [0.05, 0.1) is 5.01 Å². The summed E-state index contributed by atoms with van der Waals surface area (Å²) in [5, 5.41) is 5.33. The van der Waals surface area contributed by atoms with Gasteiger partial charge in [-0.1, -0.05) is 37.6 Å². The summed E-state index contributed by atoms with van der Waals surface area (Å²) in [5.74, 6) is 0. The van der Waals surface area contributed by atoms with Crippen molar-refractivity contribution >= 4 is 22.9 Å². The Hall–Kier alpha value is -0.900. The minimum Gasteiger partial charge on any atom is -0.310 e. The van der Waals surface area contributed by atoms with E-state index in [1.165, 1.54) is 10.4 Å². The van der Waals surface area contributed by atoms with E-state index in [1.54, 1.807) is 11.3 Å². The summed E-state index contributed by atoms with van der Waals surface area (Å²) in [5.41, 5.74) is 1.25. The topological polar surface area (TPSA) is 24.9 Å². The van der Waals surface area contributed by atoms with Crippen molar-refractivity contribution in [3.05, 3.63) is 50.9 Å². The summed E-state index contributed by atoms with van der Waals surface area (Å²) in [7, 11) is 0. The monoisotopic (exact) mass is 280 g/mol. The second-order valence-electron chi connectivity index (χ2n) is 4.56. The van der Waals surface area contributed by atoms with E-state index in [9.17, 15) is 0 Å². The molecule has 2 rings (SSSR count). The molecule has 0 aliphatic heterocycles. The molecule has 0 amide bonds. The highest BCUT2D eigenvalue weighted by Crippen LogP contribution is 2.18. The predicted molar refractivity (Wildman–Crippen MR) is 78.3 cm³/mol. The van der Waals surface area contributed by atoms with Crippen LogP contribution in [0.2, 0.25) is 5.02 Å². The highest BCUT2D eigenvalue weighted by atomic mass is 35.5. The molecule has 1 aromatic carbocycles.